The average Bonchev–Trinajstić information content (AvgIpc) is 1.99. The molecule has 0 aromatic rings. The molecule has 0 aliphatic heterocycles. The van der Waals surface area contributed by atoms with Crippen LogP contribution >= 0.6 is 0 Å². The molecular formula is C8H17NO5S. The number of sulfone groups is 1. The molecule has 1 amide bonds. The molecule has 0 spiro atoms. The summed E-state index contributed by atoms with van der Waals surface area (Å²) in [4.78, 5) is 10.4. The summed E-state index contributed by atoms with van der Waals surface area (Å²) in [5, 5.41) is 19.2. The first-order chi connectivity index (χ1) is 6.68. The molecule has 6 nitrogen and oxygen atoms in total. The predicted octanol–water partition coefficient (Wildman–Crippen LogP) is -0.170. The zero-order valence-electron chi connectivity index (χ0n) is 8.86. The molecule has 0 fully saturated rings. The predicted molar refractivity (Wildman–Crippen MR) is 55.6 cm³/mol. The molecule has 0 rings (SSSR count). The Morgan fingerprint density at radius 2 is 1.87 bits per heavy atom. The summed E-state index contributed by atoms with van der Waals surface area (Å²) in [5.74, 6) is -0.420. The lowest BCUT2D eigenvalue weighted by Gasteiger charge is -2.24. The Balaban J connectivity index is 4.20. The largest absolute Gasteiger partial charge is 0.465 e. The van der Waals surface area contributed by atoms with Gasteiger partial charge in [-0.05, 0) is 20.3 Å². The zero-order chi connectivity index (χ0) is 12.1. The van der Waals surface area contributed by atoms with Crippen LogP contribution in [0.3, 0.4) is 0 Å². The Bertz CT molecular complexity index is 309. The molecule has 0 saturated heterocycles. The number of aliphatic hydroxyl groups is 1. The molecule has 0 atom stereocenters. The highest BCUT2D eigenvalue weighted by Gasteiger charge is 2.23. The first kappa shape index (κ1) is 14.2. The quantitative estimate of drug-likeness (QED) is 0.597. The molecule has 0 aliphatic rings. The minimum Gasteiger partial charge on any atom is -0.465 e. The van der Waals surface area contributed by atoms with Crippen molar-refractivity contribution in [2.45, 2.75) is 25.8 Å². The summed E-state index contributed by atoms with van der Waals surface area (Å²) >= 11 is 0. The number of amides is 1. The lowest BCUT2D eigenvalue weighted by atomic mass is 10.0. The van der Waals surface area contributed by atoms with E-state index in [0.717, 1.165) is 0 Å². The van der Waals surface area contributed by atoms with Crippen molar-refractivity contribution in [1.29, 1.82) is 0 Å². The fourth-order valence-electron chi connectivity index (χ4n) is 1.00. The van der Waals surface area contributed by atoms with Crippen molar-refractivity contribution in [3.05, 3.63) is 0 Å². The van der Waals surface area contributed by atoms with Gasteiger partial charge in [0.2, 0.25) is 0 Å². The highest BCUT2D eigenvalue weighted by molar-refractivity contribution is 7.91. The van der Waals surface area contributed by atoms with Gasteiger partial charge in [0.15, 0.2) is 9.84 Å². The lowest BCUT2D eigenvalue weighted by molar-refractivity contribution is 0.181. The monoisotopic (exact) mass is 239 g/mol. The molecule has 0 aromatic heterocycles. The second-order valence-corrected chi connectivity index (χ2v) is 6.24. The van der Waals surface area contributed by atoms with Crippen LogP contribution in [-0.2, 0) is 9.84 Å². The summed E-state index contributed by atoms with van der Waals surface area (Å²) < 4.78 is 22.5. The van der Waals surface area contributed by atoms with Crippen molar-refractivity contribution in [2.75, 3.05) is 18.1 Å². The van der Waals surface area contributed by atoms with Gasteiger partial charge in [-0.1, -0.05) is 0 Å². The maximum absolute atomic E-state index is 11.2. The molecule has 0 aromatic carbocycles. The molecular weight excluding hydrogens is 222 g/mol. The highest BCUT2D eigenvalue weighted by Crippen LogP contribution is 2.10. The van der Waals surface area contributed by atoms with Gasteiger partial charge >= 0.3 is 6.09 Å². The number of hydrogen-bond donors (Lipinski definition) is 3. The van der Waals surface area contributed by atoms with Crippen molar-refractivity contribution < 1.29 is 23.4 Å². The van der Waals surface area contributed by atoms with Crippen LogP contribution in [-0.4, -0.2) is 48.4 Å². The fourth-order valence-corrected chi connectivity index (χ4v) is 2.31. The molecule has 0 aliphatic carbocycles. The van der Waals surface area contributed by atoms with E-state index in [9.17, 15) is 13.2 Å². The van der Waals surface area contributed by atoms with Crippen LogP contribution in [0.5, 0.6) is 0 Å². The van der Waals surface area contributed by atoms with Gasteiger partial charge < -0.3 is 15.5 Å². The minimum absolute atomic E-state index is 0.138. The minimum atomic E-state index is -3.28. The van der Waals surface area contributed by atoms with Crippen LogP contribution in [0.2, 0.25) is 0 Å². The van der Waals surface area contributed by atoms with Gasteiger partial charge in [-0.25, -0.2) is 13.2 Å². The third-order valence-electron chi connectivity index (χ3n) is 1.89. The molecule has 15 heavy (non-hydrogen) atoms. The first-order valence-corrected chi connectivity index (χ1v) is 6.33. The SMILES string of the molecule is CC(C)(CCS(=O)(=O)CCO)NC(=O)O. The second kappa shape index (κ2) is 5.32. The number of aliphatic hydroxyl groups excluding tert-OH is 1. The standard InChI is InChI=1S/C8H17NO5S/c1-8(2,9-7(11)12)3-5-15(13,14)6-4-10/h9-10H,3-6H2,1-2H3,(H,11,12). The number of carbonyl (C=O) groups is 1. The van der Waals surface area contributed by atoms with E-state index in [2.05, 4.69) is 5.32 Å². The van der Waals surface area contributed by atoms with Gasteiger partial charge in [0, 0.05) is 5.54 Å². The zero-order valence-corrected chi connectivity index (χ0v) is 9.67. The molecule has 0 saturated carbocycles. The Hall–Kier alpha value is -0.820. The maximum atomic E-state index is 11.2. The highest BCUT2D eigenvalue weighted by atomic mass is 32.2. The maximum Gasteiger partial charge on any atom is 0.405 e. The normalized spacial score (nSPS) is 12.5. The van der Waals surface area contributed by atoms with Gasteiger partial charge in [-0.3, -0.25) is 0 Å². The van der Waals surface area contributed by atoms with Crippen molar-refractivity contribution in [1.82, 2.24) is 5.32 Å². The van der Waals surface area contributed by atoms with E-state index in [0.29, 0.717) is 0 Å². The van der Waals surface area contributed by atoms with Gasteiger partial charge in [0.1, 0.15) is 0 Å². The van der Waals surface area contributed by atoms with Crippen LogP contribution in [0.4, 0.5) is 4.79 Å². The fraction of sp³-hybridized carbons (Fsp3) is 0.875. The smallest absolute Gasteiger partial charge is 0.405 e. The van der Waals surface area contributed by atoms with Crippen LogP contribution in [0.15, 0.2) is 0 Å². The lowest BCUT2D eigenvalue weighted by Crippen LogP contribution is -2.44. The van der Waals surface area contributed by atoms with E-state index in [1.165, 1.54) is 0 Å². The number of rotatable bonds is 6. The number of nitrogens with one attached hydrogen (secondary N) is 1. The Kier molecular flexibility index (Phi) is 5.02. The van der Waals surface area contributed by atoms with E-state index >= 15 is 0 Å². The van der Waals surface area contributed by atoms with Crippen LogP contribution in [0.25, 0.3) is 0 Å². The van der Waals surface area contributed by atoms with Gasteiger partial charge in [0.25, 0.3) is 0 Å². The second-order valence-electron chi connectivity index (χ2n) is 3.94. The molecule has 0 radical (unpaired) electrons. The molecule has 90 valence electrons. The molecule has 0 bridgehead atoms. The van der Waals surface area contributed by atoms with Gasteiger partial charge in [-0.2, -0.15) is 0 Å². The van der Waals surface area contributed by atoms with E-state index in [4.69, 9.17) is 10.2 Å². The summed E-state index contributed by atoms with van der Waals surface area (Å²) in [6.45, 7) is 2.81. The number of carboxylic acid groups (broad SMARTS) is 1. The third kappa shape index (κ3) is 7.15. The van der Waals surface area contributed by atoms with Crippen LogP contribution in [0.1, 0.15) is 20.3 Å². The molecule has 3 N–H and O–H groups in total. The Morgan fingerprint density at radius 1 is 1.33 bits per heavy atom. The topological polar surface area (TPSA) is 104 Å². The van der Waals surface area contributed by atoms with E-state index < -0.39 is 28.1 Å². The van der Waals surface area contributed by atoms with Crippen molar-refractivity contribution in [3.63, 3.8) is 0 Å². The molecule has 0 heterocycles. The Morgan fingerprint density at radius 3 is 2.27 bits per heavy atom. The number of hydrogen-bond acceptors (Lipinski definition) is 4. The van der Waals surface area contributed by atoms with Crippen molar-refractivity contribution >= 4 is 15.9 Å². The summed E-state index contributed by atoms with van der Waals surface area (Å²) in [6.07, 6.45) is -0.999. The first-order valence-electron chi connectivity index (χ1n) is 4.51. The average molecular weight is 239 g/mol. The van der Waals surface area contributed by atoms with Gasteiger partial charge in [0.05, 0.1) is 18.1 Å². The van der Waals surface area contributed by atoms with Crippen LogP contribution in [0, 0.1) is 0 Å². The molecule has 0 unspecified atom stereocenters. The van der Waals surface area contributed by atoms with Gasteiger partial charge in [-0.15, -0.1) is 0 Å². The molecule has 7 heteroatoms. The van der Waals surface area contributed by atoms with Crippen molar-refractivity contribution in [3.8, 4) is 0 Å². The Labute approximate surface area is 89.2 Å². The van der Waals surface area contributed by atoms with E-state index in [-0.39, 0.29) is 17.9 Å². The van der Waals surface area contributed by atoms with E-state index in [1.54, 1.807) is 13.8 Å². The van der Waals surface area contributed by atoms with E-state index in [1.807, 2.05) is 0 Å². The summed E-state index contributed by atoms with van der Waals surface area (Å²) in [7, 11) is -3.28. The summed E-state index contributed by atoms with van der Waals surface area (Å²) in [5.41, 5.74) is -0.783. The van der Waals surface area contributed by atoms with Crippen LogP contribution < -0.4 is 5.32 Å². The summed E-state index contributed by atoms with van der Waals surface area (Å²) in [6, 6.07) is 0. The third-order valence-corrected chi connectivity index (χ3v) is 3.52. The van der Waals surface area contributed by atoms with Crippen molar-refractivity contribution in [2.24, 2.45) is 0 Å².